The molecule has 0 unspecified atom stereocenters. The van der Waals surface area contributed by atoms with Crippen LogP contribution < -0.4 is 10.2 Å². The number of likely N-dealkylation sites (N-methyl/N-ethyl adjacent to an activating group) is 2. The highest BCUT2D eigenvalue weighted by Crippen LogP contribution is 2.13. The van der Waals surface area contributed by atoms with Crippen molar-refractivity contribution in [2.45, 2.75) is 13.3 Å². The topological polar surface area (TPSA) is 18.5 Å². The summed E-state index contributed by atoms with van der Waals surface area (Å²) in [6.45, 7) is 6.40. The molecule has 0 saturated heterocycles. The van der Waals surface area contributed by atoms with E-state index in [1.54, 1.807) is 0 Å². The molecule has 18 heavy (non-hydrogen) atoms. The number of nitrogens with one attached hydrogen (secondary N) is 1. The molecule has 0 atom stereocenters. The highest BCUT2D eigenvalue weighted by atomic mass is 15.1. The van der Waals surface area contributed by atoms with Crippen LogP contribution in [0, 0.1) is 0 Å². The summed E-state index contributed by atoms with van der Waals surface area (Å²) in [5.41, 5.74) is 2.69. The van der Waals surface area contributed by atoms with Gasteiger partial charge in [0, 0.05) is 38.9 Å². The van der Waals surface area contributed by atoms with Gasteiger partial charge in [0.05, 0.1) is 0 Å². The van der Waals surface area contributed by atoms with Crippen LogP contribution >= 0.6 is 0 Å². The van der Waals surface area contributed by atoms with E-state index in [4.69, 9.17) is 0 Å². The fraction of sp³-hybridized carbons (Fsp3) is 0.600. The predicted molar refractivity (Wildman–Crippen MR) is 80.5 cm³/mol. The Bertz CT molecular complexity index is 319. The number of hydrogen-bond acceptors (Lipinski definition) is 3. The third-order valence-corrected chi connectivity index (χ3v) is 3.15. The van der Waals surface area contributed by atoms with Crippen molar-refractivity contribution in [3.63, 3.8) is 0 Å². The van der Waals surface area contributed by atoms with Gasteiger partial charge in [-0.1, -0.05) is 19.1 Å². The first-order chi connectivity index (χ1) is 8.63. The highest BCUT2D eigenvalue weighted by Gasteiger charge is 2.00. The normalized spacial score (nSPS) is 10.9. The standard InChI is InChI=1S/C15H27N3/c1-5-14-6-8-15(9-7-14)18(4)13-11-16-10-12-17(2)3/h6-9,16H,5,10-13H2,1-4H3. The Balaban J connectivity index is 2.25. The lowest BCUT2D eigenvalue weighted by atomic mass is 10.1. The van der Waals surface area contributed by atoms with Gasteiger partial charge >= 0.3 is 0 Å². The van der Waals surface area contributed by atoms with E-state index >= 15 is 0 Å². The molecule has 0 bridgehead atoms. The molecule has 3 heteroatoms. The lowest BCUT2D eigenvalue weighted by Gasteiger charge is -2.20. The van der Waals surface area contributed by atoms with Gasteiger partial charge in [-0.15, -0.1) is 0 Å². The van der Waals surface area contributed by atoms with E-state index in [1.165, 1.54) is 11.3 Å². The second-order valence-electron chi connectivity index (χ2n) is 4.99. The number of nitrogens with zero attached hydrogens (tertiary/aromatic N) is 2. The Morgan fingerprint density at radius 3 is 2.11 bits per heavy atom. The molecule has 0 spiro atoms. The van der Waals surface area contributed by atoms with Crippen LogP contribution in [0.1, 0.15) is 12.5 Å². The molecule has 1 N–H and O–H groups in total. The first-order valence-electron chi connectivity index (χ1n) is 6.79. The zero-order valence-electron chi connectivity index (χ0n) is 12.2. The average molecular weight is 249 g/mol. The van der Waals surface area contributed by atoms with Crippen LogP contribution in [0.15, 0.2) is 24.3 Å². The van der Waals surface area contributed by atoms with Crippen molar-refractivity contribution in [1.82, 2.24) is 10.2 Å². The van der Waals surface area contributed by atoms with Gasteiger partial charge in [-0.05, 0) is 38.2 Å². The largest absolute Gasteiger partial charge is 0.373 e. The second-order valence-corrected chi connectivity index (χ2v) is 4.99. The molecule has 0 aliphatic carbocycles. The van der Waals surface area contributed by atoms with E-state index < -0.39 is 0 Å². The molecular formula is C15H27N3. The van der Waals surface area contributed by atoms with E-state index in [1.807, 2.05) is 0 Å². The number of anilines is 1. The highest BCUT2D eigenvalue weighted by molar-refractivity contribution is 5.46. The van der Waals surface area contributed by atoms with Crippen LogP contribution in [0.4, 0.5) is 5.69 Å². The molecule has 0 heterocycles. The molecular weight excluding hydrogens is 222 g/mol. The molecule has 0 amide bonds. The van der Waals surface area contributed by atoms with Gasteiger partial charge in [0.25, 0.3) is 0 Å². The first kappa shape index (κ1) is 15.0. The van der Waals surface area contributed by atoms with E-state index in [-0.39, 0.29) is 0 Å². The second kappa shape index (κ2) is 8.11. The molecule has 3 nitrogen and oxygen atoms in total. The predicted octanol–water partition coefficient (Wildman–Crippen LogP) is 1.84. The summed E-state index contributed by atoms with van der Waals surface area (Å²) < 4.78 is 0. The Morgan fingerprint density at radius 2 is 1.56 bits per heavy atom. The molecule has 0 aromatic heterocycles. The number of hydrogen-bond donors (Lipinski definition) is 1. The minimum Gasteiger partial charge on any atom is -0.373 e. The van der Waals surface area contributed by atoms with Gasteiger partial charge in [0.1, 0.15) is 0 Å². The summed E-state index contributed by atoms with van der Waals surface area (Å²) in [5, 5.41) is 3.46. The number of rotatable bonds is 8. The lowest BCUT2D eigenvalue weighted by Crippen LogP contribution is -2.33. The molecule has 0 aliphatic rings. The number of benzene rings is 1. The zero-order valence-corrected chi connectivity index (χ0v) is 12.2. The summed E-state index contributed by atoms with van der Waals surface area (Å²) in [6.07, 6.45) is 1.11. The van der Waals surface area contributed by atoms with Gasteiger partial charge in [-0.2, -0.15) is 0 Å². The van der Waals surface area contributed by atoms with Crippen LogP contribution in [0.5, 0.6) is 0 Å². The van der Waals surface area contributed by atoms with Gasteiger partial charge in [-0.3, -0.25) is 0 Å². The van der Waals surface area contributed by atoms with Crippen molar-refractivity contribution in [3.05, 3.63) is 29.8 Å². The summed E-state index contributed by atoms with van der Waals surface area (Å²) >= 11 is 0. The van der Waals surface area contributed by atoms with Crippen molar-refractivity contribution in [3.8, 4) is 0 Å². The minimum absolute atomic E-state index is 1.03. The average Bonchev–Trinajstić information content (AvgIpc) is 2.38. The lowest BCUT2D eigenvalue weighted by molar-refractivity contribution is 0.401. The van der Waals surface area contributed by atoms with Crippen molar-refractivity contribution >= 4 is 5.69 Å². The molecule has 0 aliphatic heterocycles. The maximum absolute atomic E-state index is 3.46. The molecule has 1 aromatic carbocycles. The van der Waals surface area contributed by atoms with Crippen molar-refractivity contribution in [2.24, 2.45) is 0 Å². The van der Waals surface area contributed by atoms with Crippen molar-refractivity contribution < 1.29 is 0 Å². The molecule has 0 saturated carbocycles. The van der Waals surface area contributed by atoms with Crippen LogP contribution in [0.2, 0.25) is 0 Å². The van der Waals surface area contributed by atoms with Crippen molar-refractivity contribution in [2.75, 3.05) is 52.2 Å². The van der Waals surface area contributed by atoms with E-state index in [0.717, 1.165) is 32.6 Å². The van der Waals surface area contributed by atoms with Gasteiger partial charge in [-0.25, -0.2) is 0 Å². The first-order valence-corrected chi connectivity index (χ1v) is 6.79. The Labute approximate surface area is 112 Å². The van der Waals surface area contributed by atoms with Crippen molar-refractivity contribution in [1.29, 1.82) is 0 Å². The van der Waals surface area contributed by atoms with Crippen LogP contribution in [0.25, 0.3) is 0 Å². The minimum atomic E-state index is 1.03. The van der Waals surface area contributed by atoms with Gasteiger partial charge in [0.2, 0.25) is 0 Å². The maximum Gasteiger partial charge on any atom is 0.0364 e. The smallest absolute Gasteiger partial charge is 0.0364 e. The molecule has 1 rings (SSSR count). The van der Waals surface area contributed by atoms with Crippen LogP contribution in [0.3, 0.4) is 0 Å². The summed E-state index contributed by atoms with van der Waals surface area (Å²) in [4.78, 5) is 4.49. The van der Waals surface area contributed by atoms with Gasteiger partial charge in [0.15, 0.2) is 0 Å². The Morgan fingerprint density at radius 1 is 0.944 bits per heavy atom. The fourth-order valence-corrected chi connectivity index (χ4v) is 1.79. The van der Waals surface area contributed by atoms with Crippen LogP contribution in [-0.2, 0) is 6.42 Å². The molecule has 0 radical (unpaired) electrons. The quantitative estimate of drug-likeness (QED) is 0.709. The van der Waals surface area contributed by atoms with E-state index in [0.29, 0.717) is 0 Å². The Kier molecular flexibility index (Phi) is 6.76. The van der Waals surface area contributed by atoms with Gasteiger partial charge < -0.3 is 15.1 Å². The monoisotopic (exact) mass is 249 g/mol. The molecule has 1 aromatic rings. The molecule has 102 valence electrons. The summed E-state index contributed by atoms with van der Waals surface area (Å²) in [6, 6.07) is 8.84. The summed E-state index contributed by atoms with van der Waals surface area (Å²) in [5.74, 6) is 0. The maximum atomic E-state index is 3.46. The van der Waals surface area contributed by atoms with E-state index in [2.05, 4.69) is 67.4 Å². The third-order valence-electron chi connectivity index (χ3n) is 3.15. The number of aryl methyl sites for hydroxylation is 1. The fourth-order valence-electron chi connectivity index (χ4n) is 1.79. The third kappa shape index (κ3) is 5.52. The summed E-state index contributed by atoms with van der Waals surface area (Å²) in [7, 11) is 6.35. The van der Waals surface area contributed by atoms with Crippen LogP contribution in [-0.4, -0.2) is 52.2 Å². The zero-order chi connectivity index (χ0) is 13.4. The Hall–Kier alpha value is -1.06. The SMILES string of the molecule is CCc1ccc(N(C)CCNCCN(C)C)cc1. The molecule has 0 fully saturated rings. The van der Waals surface area contributed by atoms with E-state index in [9.17, 15) is 0 Å².